The Morgan fingerprint density at radius 3 is 2.33 bits per heavy atom. The van der Waals surface area contributed by atoms with Gasteiger partial charge in [-0.15, -0.1) is 0 Å². The van der Waals surface area contributed by atoms with Crippen LogP contribution in [0.4, 0.5) is 0 Å². The number of piperazine rings is 1. The monoisotopic (exact) mass is 367 g/mol. The average Bonchev–Trinajstić information content (AvgIpc) is 3.41. The van der Waals surface area contributed by atoms with Crippen molar-refractivity contribution in [1.29, 1.82) is 0 Å². The molecule has 2 aromatic rings. The molecule has 1 N–H and O–H groups in total. The molecule has 7 heteroatoms. The summed E-state index contributed by atoms with van der Waals surface area (Å²) in [6.07, 6.45) is 2.23. The van der Waals surface area contributed by atoms with E-state index in [2.05, 4.69) is 15.1 Å². The normalized spacial score (nSPS) is 18.1. The first kappa shape index (κ1) is 17.7. The maximum Gasteiger partial charge on any atom is 0.271 e. The van der Waals surface area contributed by atoms with E-state index in [1.54, 1.807) is 6.07 Å². The Kier molecular flexibility index (Phi) is 5.20. The number of H-pyrrole nitrogens is 1. The zero-order valence-electron chi connectivity index (χ0n) is 15.4. The van der Waals surface area contributed by atoms with E-state index in [9.17, 15) is 9.59 Å². The summed E-state index contributed by atoms with van der Waals surface area (Å²) in [6, 6.07) is 11.6. The van der Waals surface area contributed by atoms with Crippen molar-refractivity contribution in [2.45, 2.75) is 12.8 Å². The second-order valence-electron chi connectivity index (χ2n) is 7.19. The summed E-state index contributed by atoms with van der Waals surface area (Å²) in [5.41, 5.74) is 2.27. The van der Waals surface area contributed by atoms with Gasteiger partial charge in [-0.05, 0) is 18.9 Å². The molecule has 0 atom stereocenters. The Morgan fingerprint density at radius 2 is 1.63 bits per heavy atom. The number of nitrogens with one attached hydrogen (secondary N) is 1. The van der Waals surface area contributed by atoms with Crippen LogP contribution in [-0.4, -0.2) is 82.5 Å². The fourth-order valence-corrected chi connectivity index (χ4v) is 3.73. The van der Waals surface area contributed by atoms with E-state index < -0.39 is 0 Å². The molecule has 4 rings (SSSR count). The molecular weight excluding hydrogens is 342 g/mol. The van der Waals surface area contributed by atoms with Gasteiger partial charge < -0.3 is 9.80 Å². The molecule has 0 bridgehead atoms. The Bertz CT molecular complexity index is 790. The summed E-state index contributed by atoms with van der Waals surface area (Å²) >= 11 is 0. The van der Waals surface area contributed by atoms with E-state index in [-0.39, 0.29) is 11.8 Å². The van der Waals surface area contributed by atoms with Crippen LogP contribution in [0, 0.1) is 0 Å². The summed E-state index contributed by atoms with van der Waals surface area (Å²) in [4.78, 5) is 31.0. The molecule has 142 valence electrons. The summed E-state index contributed by atoms with van der Waals surface area (Å²) in [5, 5.41) is 7.13. The summed E-state index contributed by atoms with van der Waals surface area (Å²) in [7, 11) is 0. The van der Waals surface area contributed by atoms with Gasteiger partial charge in [0, 0.05) is 44.8 Å². The highest BCUT2D eigenvalue weighted by Crippen LogP contribution is 2.18. The van der Waals surface area contributed by atoms with Gasteiger partial charge in [0.15, 0.2) is 0 Å². The first-order valence-electron chi connectivity index (χ1n) is 9.61. The molecule has 0 saturated carbocycles. The number of amides is 2. The third-order valence-electron chi connectivity index (χ3n) is 5.35. The molecule has 27 heavy (non-hydrogen) atoms. The van der Waals surface area contributed by atoms with E-state index in [1.165, 1.54) is 0 Å². The predicted octanol–water partition coefficient (Wildman–Crippen LogP) is 1.46. The quantitative estimate of drug-likeness (QED) is 0.888. The molecule has 0 unspecified atom stereocenters. The van der Waals surface area contributed by atoms with Gasteiger partial charge in [-0.3, -0.25) is 19.6 Å². The number of aromatic amines is 1. The van der Waals surface area contributed by atoms with E-state index in [0.717, 1.165) is 50.3 Å². The lowest BCUT2D eigenvalue weighted by Crippen LogP contribution is -2.51. The Morgan fingerprint density at radius 1 is 0.926 bits per heavy atom. The highest BCUT2D eigenvalue weighted by Gasteiger charge is 2.26. The van der Waals surface area contributed by atoms with Crippen molar-refractivity contribution in [2.75, 3.05) is 45.8 Å². The van der Waals surface area contributed by atoms with E-state index >= 15 is 0 Å². The lowest BCUT2D eigenvalue weighted by atomic mass is 10.1. The minimum absolute atomic E-state index is 0.0322. The smallest absolute Gasteiger partial charge is 0.271 e. The maximum absolute atomic E-state index is 12.7. The number of benzene rings is 1. The number of carbonyl (C=O) groups is 2. The van der Waals surface area contributed by atoms with Gasteiger partial charge in [-0.25, -0.2) is 0 Å². The summed E-state index contributed by atoms with van der Waals surface area (Å²) in [5.74, 6) is 0.184. The van der Waals surface area contributed by atoms with Crippen LogP contribution in [-0.2, 0) is 4.79 Å². The van der Waals surface area contributed by atoms with Crippen LogP contribution in [0.5, 0.6) is 0 Å². The molecule has 2 aliphatic heterocycles. The Labute approximate surface area is 158 Å². The van der Waals surface area contributed by atoms with Crippen molar-refractivity contribution in [3.8, 4) is 11.3 Å². The standard InChI is InChI=1S/C20H25N5O2/c26-19(24-8-4-5-9-24)15-23-10-12-25(13-11-23)20(27)18-14-17(21-22-18)16-6-2-1-3-7-16/h1-3,6-7,14H,4-5,8-13,15H2,(H,21,22). The summed E-state index contributed by atoms with van der Waals surface area (Å²) in [6.45, 7) is 4.96. The maximum atomic E-state index is 12.7. The first-order chi connectivity index (χ1) is 13.2. The van der Waals surface area contributed by atoms with Crippen LogP contribution in [0.2, 0.25) is 0 Å². The number of rotatable bonds is 4. The molecular formula is C20H25N5O2. The molecule has 2 amide bonds. The van der Waals surface area contributed by atoms with E-state index in [4.69, 9.17) is 0 Å². The van der Waals surface area contributed by atoms with Crippen molar-refractivity contribution in [1.82, 2.24) is 24.9 Å². The Balaban J connectivity index is 1.31. The number of carbonyl (C=O) groups excluding carboxylic acids is 2. The van der Waals surface area contributed by atoms with Gasteiger partial charge >= 0.3 is 0 Å². The van der Waals surface area contributed by atoms with Gasteiger partial charge in [0.05, 0.1) is 12.2 Å². The molecule has 2 aliphatic rings. The van der Waals surface area contributed by atoms with Crippen molar-refractivity contribution < 1.29 is 9.59 Å². The number of hydrogen-bond acceptors (Lipinski definition) is 4. The lowest BCUT2D eigenvalue weighted by Gasteiger charge is -2.34. The molecule has 1 aromatic heterocycles. The summed E-state index contributed by atoms with van der Waals surface area (Å²) < 4.78 is 0. The zero-order chi connectivity index (χ0) is 18.6. The van der Waals surface area contributed by atoms with E-state index in [1.807, 2.05) is 40.1 Å². The molecule has 2 fully saturated rings. The van der Waals surface area contributed by atoms with Crippen LogP contribution in [0.1, 0.15) is 23.3 Å². The average molecular weight is 367 g/mol. The number of aromatic nitrogens is 2. The van der Waals surface area contributed by atoms with Gasteiger partial charge in [0.1, 0.15) is 5.69 Å². The SMILES string of the molecule is O=C(CN1CCN(C(=O)c2cc(-c3ccccc3)n[nH]2)CC1)N1CCCC1. The lowest BCUT2D eigenvalue weighted by molar-refractivity contribution is -0.131. The fourth-order valence-electron chi connectivity index (χ4n) is 3.73. The molecule has 1 aromatic carbocycles. The molecule has 2 saturated heterocycles. The van der Waals surface area contributed by atoms with Gasteiger partial charge in [-0.2, -0.15) is 5.10 Å². The third kappa shape index (κ3) is 4.03. The molecule has 0 aliphatic carbocycles. The highest BCUT2D eigenvalue weighted by atomic mass is 16.2. The van der Waals surface area contributed by atoms with Crippen molar-refractivity contribution in [3.63, 3.8) is 0 Å². The minimum Gasteiger partial charge on any atom is -0.342 e. The number of nitrogens with zero attached hydrogens (tertiary/aromatic N) is 4. The fraction of sp³-hybridized carbons (Fsp3) is 0.450. The van der Waals surface area contributed by atoms with Gasteiger partial charge in [0.25, 0.3) is 5.91 Å². The predicted molar refractivity (Wildman–Crippen MR) is 102 cm³/mol. The van der Waals surface area contributed by atoms with Crippen LogP contribution < -0.4 is 0 Å². The number of hydrogen-bond donors (Lipinski definition) is 1. The second kappa shape index (κ2) is 7.92. The highest BCUT2D eigenvalue weighted by molar-refractivity contribution is 5.93. The van der Waals surface area contributed by atoms with Gasteiger partial charge in [0.2, 0.25) is 5.91 Å². The van der Waals surface area contributed by atoms with Crippen LogP contribution in [0.15, 0.2) is 36.4 Å². The zero-order valence-corrected chi connectivity index (χ0v) is 15.4. The van der Waals surface area contributed by atoms with E-state index in [0.29, 0.717) is 25.3 Å². The van der Waals surface area contributed by atoms with Crippen LogP contribution >= 0.6 is 0 Å². The Hall–Kier alpha value is -2.67. The largest absolute Gasteiger partial charge is 0.342 e. The first-order valence-corrected chi connectivity index (χ1v) is 9.61. The van der Waals surface area contributed by atoms with Crippen molar-refractivity contribution in [3.05, 3.63) is 42.1 Å². The third-order valence-corrected chi connectivity index (χ3v) is 5.35. The number of likely N-dealkylation sites (tertiary alicyclic amines) is 1. The topological polar surface area (TPSA) is 72.5 Å². The second-order valence-corrected chi connectivity index (χ2v) is 7.19. The molecule has 3 heterocycles. The van der Waals surface area contributed by atoms with Gasteiger partial charge in [-0.1, -0.05) is 30.3 Å². The van der Waals surface area contributed by atoms with Crippen LogP contribution in [0.25, 0.3) is 11.3 Å². The molecule has 0 spiro atoms. The molecule has 7 nitrogen and oxygen atoms in total. The molecule has 0 radical (unpaired) electrons. The van der Waals surface area contributed by atoms with Crippen molar-refractivity contribution >= 4 is 11.8 Å². The van der Waals surface area contributed by atoms with Crippen LogP contribution in [0.3, 0.4) is 0 Å². The van der Waals surface area contributed by atoms with Crippen molar-refractivity contribution in [2.24, 2.45) is 0 Å². The minimum atomic E-state index is -0.0322.